The average Bonchev–Trinajstić information content (AvgIpc) is 3.12. The highest BCUT2D eigenvalue weighted by atomic mass is 35.5. The van der Waals surface area contributed by atoms with E-state index >= 15 is 0 Å². The van der Waals surface area contributed by atoms with Crippen molar-refractivity contribution < 1.29 is 17.6 Å². The van der Waals surface area contributed by atoms with Gasteiger partial charge in [0.2, 0.25) is 5.95 Å². The van der Waals surface area contributed by atoms with Gasteiger partial charge in [0.15, 0.2) is 6.29 Å². The van der Waals surface area contributed by atoms with Gasteiger partial charge in [-0.3, -0.25) is 9.48 Å². The SMILES string of the molecule is Cn1cc(S(=O)(=O)n2cc(C=O)c(Cl)c2-c2cccnc2F)cn1. The van der Waals surface area contributed by atoms with Crippen LogP contribution in [0, 0.1) is 5.95 Å². The highest BCUT2D eigenvalue weighted by Gasteiger charge is 2.28. The third-order valence-electron chi connectivity index (χ3n) is 3.32. The molecule has 0 atom stereocenters. The molecule has 0 fully saturated rings. The molecule has 0 aliphatic heterocycles. The molecule has 3 heterocycles. The molecule has 0 aliphatic carbocycles. The van der Waals surface area contributed by atoms with Crippen LogP contribution in [0.5, 0.6) is 0 Å². The molecule has 0 saturated heterocycles. The Balaban J connectivity index is 2.34. The lowest BCUT2D eigenvalue weighted by Gasteiger charge is -2.10. The summed E-state index contributed by atoms with van der Waals surface area (Å²) in [5, 5.41) is 3.64. The number of carbonyl (C=O) groups is 1. The molecule has 24 heavy (non-hydrogen) atoms. The summed E-state index contributed by atoms with van der Waals surface area (Å²) in [5.74, 6) is -0.905. The van der Waals surface area contributed by atoms with Gasteiger partial charge in [-0.05, 0) is 12.1 Å². The topological polar surface area (TPSA) is 86.9 Å². The molecular formula is C14H10ClFN4O3S. The molecule has 0 radical (unpaired) electrons. The van der Waals surface area contributed by atoms with Gasteiger partial charge in [-0.2, -0.15) is 9.49 Å². The lowest BCUT2D eigenvalue weighted by Crippen LogP contribution is -2.13. The number of aryl methyl sites for hydroxylation is 1. The van der Waals surface area contributed by atoms with Crippen molar-refractivity contribution in [3.63, 3.8) is 0 Å². The van der Waals surface area contributed by atoms with Gasteiger partial charge in [0.25, 0.3) is 10.0 Å². The maximum Gasteiger partial charge on any atom is 0.271 e. The molecule has 0 aromatic carbocycles. The summed E-state index contributed by atoms with van der Waals surface area (Å²) in [6.45, 7) is 0. The van der Waals surface area contributed by atoms with Crippen molar-refractivity contribution in [2.24, 2.45) is 7.05 Å². The van der Waals surface area contributed by atoms with E-state index in [1.807, 2.05) is 0 Å². The summed E-state index contributed by atoms with van der Waals surface area (Å²) in [5.41, 5.74) is -0.390. The van der Waals surface area contributed by atoms with Gasteiger partial charge in [0.1, 0.15) is 4.90 Å². The zero-order valence-corrected chi connectivity index (χ0v) is 13.8. The fourth-order valence-electron chi connectivity index (χ4n) is 2.20. The largest absolute Gasteiger partial charge is 0.298 e. The predicted molar refractivity (Wildman–Crippen MR) is 83.8 cm³/mol. The first-order valence-corrected chi connectivity index (χ1v) is 8.39. The highest BCUT2D eigenvalue weighted by molar-refractivity contribution is 7.90. The van der Waals surface area contributed by atoms with E-state index in [4.69, 9.17) is 11.6 Å². The Morgan fingerprint density at radius 2 is 2.08 bits per heavy atom. The van der Waals surface area contributed by atoms with Crippen molar-refractivity contribution in [2.75, 3.05) is 0 Å². The molecule has 0 bridgehead atoms. The fourth-order valence-corrected chi connectivity index (χ4v) is 3.91. The number of aldehydes is 1. The number of aromatic nitrogens is 4. The first kappa shape index (κ1) is 16.3. The van der Waals surface area contributed by atoms with Crippen molar-refractivity contribution >= 4 is 27.9 Å². The highest BCUT2D eigenvalue weighted by Crippen LogP contribution is 2.35. The van der Waals surface area contributed by atoms with E-state index in [9.17, 15) is 17.6 Å². The number of hydrogen-bond acceptors (Lipinski definition) is 5. The van der Waals surface area contributed by atoms with Crippen LogP contribution in [0.15, 0.2) is 41.8 Å². The summed E-state index contributed by atoms with van der Waals surface area (Å²) in [6, 6.07) is 2.76. The summed E-state index contributed by atoms with van der Waals surface area (Å²) in [6.07, 6.45) is 5.09. The van der Waals surface area contributed by atoms with Gasteiger partial charge in [-0.15, -0.1) is 0 Å². The molecule has 0 aliphatic rings. The average molecular weight is 369 g/mol. The molecule has 0 N–H and O–H groups in total. The predicted octanol–water partition coefficient (Wildman–Crippen LogP) is 2.13. The van der Waals surface area contributed by atoms with Gasteiger partial charge >= 0.3 is 0 Å². The van der Waals surface area contributed by atoms with Gasteiger partial charge in [-0.25, -0.2) is 17.4 Å². The zero-order valence-electron chi connectivity index (χ0n) is 12.2. The Hall–Kier alpha value is -2.52. The van der Waals surface area contributed by atoms with Crippen LogP contribution in [0.3, 0.4) is 0 Å². The van der Waals surface area contributed by atoms with Crippen LogP contribution in [-0.2, 0) is 17.1 Å². The second-order valence-corrected chi connectivity index (χ2v) is 7.05. The molecule has 3 aromatic heterocycles. The van der Waals surface area contributed by atoms with Crippen molar-refractivity contribution in [3.8, 4) is 11.3 Å². The van der Waals surface area contributed by atoms with Gasteiger partial charge in [0, 0.05) is 25.6 Å². The summed E-state index contributed by atoms with van der Waals surface area (Å²) >= 11 is 6.10. The first-order valence-electron chi connectivity index (χ1n) is 6.57. The third-order valence-corrected chi connectivity index (χ3v) is 5.33. The Bertz CT molecular complexity index is 1040. The Labute approximate surface area is 141 Å². The van der Waals surface area contributed by atoms with E-state index in [0.29, 0.717) is 6.29 Å². The fraction of sp³-hybridized carbons (Fsp3) is 0.0714. The van der Waals surface area contributed by atoms with Crippen LogP contribution < -0.4 is 0 Å². The lowest BCUT2D eigenvalue weighted by molar-refractivity contribution is 0.112. The van der Waals surface area contributed by atoms with E-state index < -0.39 is 16.0 Å². The molecule has 124 valence electrons. The van der Waals surface area contributed by atoms with Gasteiger partial charge in [-0.1, -0.05) is 11.6 Å². The van der Waals surface area contributed by atoms with E-state index in [2.05, 4.69) is 10.1 Å². The zero-order chi connectivity index (χ0) is 17.5. The molecule has 0 spiro atoms. The van der Waals surface area contributed by atoms with Gasteiger partial charge < -0.3 is 0 Å². The summed E-state index contributed by atoms with van der Waals surface area (Å²) < 4.78 is 41.8. The number of nitrogens with zero attached hydrogens (tertiary/aromatic N) is 4. The Morgan fingerprint density at radius 1 is 1.33 bits per heavy atom. The number of carbonyl (C=O) groups excluding carboxylic acids is 1. The normalized spacial score (nSPS) is 11.6. The van der Waals surface area contributed by atoms with Crippen LogP contribution >= 0.6 is 11.6 Å². The van der Waals surface area contributed by atoms with Gasteiger partial charge in [0.05, 0.1) is 28.0 Å². The van der Waals surface area contributed by atoms with Crippen molar-refractivity contribution in [3.05, 3.63) is 53.5 Å². The van der Waals surface area contributed by atoms with E-state index in [-0.39, 0.29) is 26.7 Å². The standard InChI is InChI=1S/C14H10ClFN4O3S/c1-19-7-10(5-18-19)24(22,23)20-6-9(8-21)12(15)13(20)11-3-2-4-17-14(11)16/h2-8H,1H3. The van der Waals surface area contributed by atoms with Crippen LogP contribution in [-0.4, -0.2) is 33.4 Å². The molecular weight excluding hydrogens is 359 g/mol. The van der Waals surface area contributed by atoms with E-state index in [1.165, 1.54) is 29.2 Å². The maximum atomic E-state index is 14.1. The summed E-state index contributed by atoms with van der Waals surface area (Å²) in [7, 11) is -2.57. The van der Waals surface area contributed by atoms with Crippen molar-refractivity contribution in [1.82, 2.24) is 18.7 Å². The van der Waals surface area contributed by atoms with E-state index in [1.54, 1.807) is 7.05 Å². The summed E-state index contributed by atoms with van der Waals surface area (Å²) in [4.78, 5) is 14.5. The lowest BCUT2D eigenvalue weighted by atomic mass is 10.2. The first-order chi connectivity index (χ1) is 11.4. The number of hydrogen-bond donors (Lipinski definition) is 0. The molecule has 10 heteroatoms. The van der Waals surface area contributed by atoms with Crippen LogP contribution in [0.2, 0.25) is 5.02 Å². The number of rotatable bonds is 4. The molecule has 7 nitrogen and oxygen atoms in total. The monoisotopic (exact) mass is 368 g/mol. The van der Waals surface area contributed by atoms with Crippen molar-refractivity contribution in [1.29, 1.82) is 0 Å². The van der Waals surface area contributed by atoms with Crippen LogP contribution in [0.4, 0.5) is 4.39 Å². The number of pyridine rings is 1. The Kier molecular flexibility index (Phi) is 3.98. The molecule has 0 unspecified atom stereocenters. The third kappa shape index (κ3) is 2.51. The second-order valence-electron chi connectivity index (χ2n) is 4.86. The molecule has 0 amide bonds. The molecule has 3 aromatic rings. The minimum Gasteiger partial charge on any atom is -0.298 e. The minimum atomic E-state index is -4.13. The maximum absolute atomic E-state index is 14.1. The number of halogens is 2. The molecule has 0 saturated carbocycles. The van der Waals surface area contributed by atoms with Crippen LogP contribution in [0.1, 0.15) is 10.4 Å². The van der Waals surface area contributed by atoms with Crippen molar-refractivity contribution in [2.45, 2.75) is 4.90 Å². The molecule has 3 rings (SSSR count). The smallest absolute Gasteiger partial charge is 0.271 e. The van der Waals surface area contributed by atoms with Crippen LogP contribution in [0.25, 0.3) is 11.3 Å². The second kappa shape index (κ2) is 5.84. The Morgan fingerprint density at radius 3 is 2.67 bits per heavy atom. The van der Waals surface area contributed by atoms with E-state index in [0.717, 1.165) is 16.4 Å². The minimum absolute atomic E-state index is 0.0811. The quantitative estimate of drug-likeness (QED) is 0.520.